The summed E-state index contributed by atoms with van der Waals surface area (Å²) < 4.78 is 0. The van der Waals surface area contributed by atoms with E-state index >= 15 is 0 Å². The molecule has 1 fully saturated rings. The fourth-order valence-corrected chi connectivity index (χ4v) is 4.87. The van der Waals surface area contributed by atoms with Crippen molar-refractivity contribution in [2.45, 2.75) is 24.9 Å². The summed E-state index contributed by atoms with van der Waals surface area (Å²) in [7, 11) is 0. The number of carbonyl (C=O) groups is 3. The first-order valence-corrected chi connectivity index (χ1v) is 11.0. The predicted molar refractivity (Wildman–Crippen MR) is 118 cm³/mol. The van der Waals surface area contributed by atoms with Crippen LogP contribution >= 0.6 is 11.3 Å². The molecule has 2 aromatic heterocycles. The Hall–Kier alpha value is -3.52. The summed E-state index contributed by atoms with van der Waals surface area (Å²) in [6, 6.07) is 12.1. The maximum Gasteiger partial charge on any atom is 0.256 e. The average molecular weight is 433 g/mol. The minimum absolute atomic E-state index is 0.159. The Morgan fingerprint density at radius 2 is 2.10 bits per heavy atom. The van der Waals surface area contributed by atoms with Gasteiger partial charge in [0.15, 0.2) is 0 Å². The Labute approximate surface area is 183 Å². The van der Waals surface area contributed by atoms with Gasteiger partial charge < -0.3 is 15.5 Å². The van der Waals surface area contributed by atoms with Gasteiger partial charge >= 0.3 is 0 Å². The molecule has 2 N–H and O–H groups in total. The van der Waals surface area contributed by atoms with Crippen LogP contribution in [0, 0.1) is 0 Å². The topological polar surface area (TPSA) is 91.4 Å². The fourth-order valence-electron chi connectivity index (χ4n) is 4.15. The van der Waals surface area contributed by atoms with E-state index in [1.165, 1.54) is 6.20 Å². The average Bonchev–Trinajstić information content (AvgIpc) is 3.31. The van der Waals surface area contributed by atoms with Crippen molar-refractivity contribution in [3.05, 3.63) is 71.4 Å². The molecule has 1 aromatic carbocycles. The van der Waals surface area contributed by atoms with Gasteiger partial charge in [-0.25, -0.2) is 0 Å². The molecule has 8 heteroatoms. The third-order valence-corrected chi connectivity index (χ3v) is 6.66. The molecule has 4 heterocycles. The molecule has 0 unspecified atom stereocenters. The molecule has 2 aliphatic rings. The van der Waals surface area contributed by atoms with Crippen LogP contribution in [0.5, 0.6) is 0 Å². The minimum Gasteiger partial charge on any atom is -0.349 e. The number of pyridine rings is 1. The summed E-state index contributed by atoms with van der Waals surface area (Å²) in [6.07, 6.45) is 4.07. The van der Waals surface area contributed by atoms with E-state index in [1.807, 2.05) is 29.6 Å². The van der Waals surface area contributed by atoms with E-state index in [0.717, 1.165) is 10.4 Å². The second-order valence-corrected chi connectivity index (χ2v) is 8.63. The number of benzene rings is 1. The second kappa shape index (κ2) is 7.96. The van der Waals surface area contributed by atoms with E-state index in [-0.39, 0.29) is 23.8 Å². The quantitative estimate of drug-likeness (QED) is 0.665. The van der Waals surface area contributed by atoms with Crippen LogP contribution in [-0.4, -0.2) is 46.2 Å². The lowest BCUT2D eigenvalue weighted by atomic mass is 9.95. The lowest BCUT2D eigenvalue weighted by Crippen LogP contribution is -2.55. The van der Waals surface area contributed by atoms with Crippen molar-refractivity contribution >= 4 is 34.7 Å². The van der Waals surface area contributed by atoms with Crippen LogP contribution in [-0.2, 0) is 4.79 Å². The van der Waals surface area contributed by atoms with Crippen molar-refractivity contribution in [2.75, 3.05) is 11.9 Å². The molecule has 0 bridgehead atoms. The molecule has 1 saturated heterocycles. The third-order valence-electron chi connectivity index (χ3n) is 5.74. The first-order valence-electron chi connectivity index (χ1n) is 10.1. The number of hydrogen-bond donors (Lipinski definition) is 2. The number of amides is 3. The highest BCUT2D eigenvalue weighted by Gasteiger charge is 2.40. The number of carbonyl (C=O) groups excluding carboxylic acids is 3. The molecule has 2 atom stereocenters. The molecule has 0 spiro atoms. The van der Waals surface area contributed by atoms with Crippen LogP contribution in [0.1, 0.15) is 33.6 Å². The van der Waals surface area contributed by atoms with E-state index in [9.17, 15) is 14.4 Å². The normalized spacial score (nSPS) is 20.3. The van der Waals surface area contributed by atoms with Gasteiger partial charge in [0.05, 0.1) is 16.8 Å². The molecule has 3 amide bonds. The standard InChI is InChI=1S/C23H20N4O3S/c28-21(15-3-1-8-24-13-15)25-16-7-9-27-19(12-16)22(29)26-18-6-5-14(11-17(18)23(27)30)20-4-2-10-31-20/h1-6,8,10-11,13,16,19H,7,9,12H2,(H,25,28)(H,26,29)/t16-,19-/m0/s1. The highest BCUT2D eigenvalue weighted by molar-refractivity contribution is 7.13. The zero-order valence-corrected chi connectivity index (χ0v) is 17.4. The molecule has 31 heavy (non-hydrogen) atoms. The van der Waals surface area contributed by atoms with Gasteiger partial charge in [0.1, 0.15) is 6.04 Å². The number of aromatic nitrogens is 1. The lowest BCUT2D eigenvalue weighted by molar-refractivity contribution is -0.121. The zero-order valence-electron chi connectivity index (χ0n) is 16.6. The number of thiophene rings is 1. The number of nitrogens with zero attached hydrogens (tertiary/aromatic N) is 2. The summed E-state index contributed by atoms with van der Waals surface area (Å²) >= 11 is 1.60. The van der Waals surface area contributed by atoms with Gasteiger partial charge in [0.25, 0.3) is 11.8 Å². The molecule has 2 aliphatic heterocycles. The smallest absolute Gasteiger partial charge is 0.256 e. The Morgan fingerprint density at radius 1 is 1.19 bits per heavy atom. The zero-order chi connectivity index (χ0) is 21.4. The lowest BCUT2D eigenvalue weighted by Gasteiger charge is -2.37. The van der Waals surface area contributed by atoms with Gasteiger partial charge in [-0.3, -0.25) is 19.4 Å². The number of anilines is 1. The van der Waals surface area contributed by atoms with E-state index < -0.39 is 6.04 Å². The van der Waals surface area contributed by atoms with Gasteiger partial charge in [0, 0.05) is 29.9 Å². The van der Waals surface area contributed by atoms with Crippen LogP contribution < -0.4 is 10.6 Å². The molecular formula is C23H20N4O3S. The van der Waals surface area contributed by atoms with Crippen molar-refractivity contribution in [2.24, 2.45) is 0 Å². The van der Waals surface area contributed by atoms with Gasteiger partial charge in [-0.05, 0) is 54.1 Å². The Morgan fingerprint density at radius 3 is 2.87 bits per heavy atom. The van der Waals surface area contributed by atoms with Gasteiger partial charge in [-0.1, -0.05) is 12.1 Å². The first kappa shape index (κ1) is 19.4. The highest BCUT2D eigenvalue weighted by atomic mass is 32.1. The Kier molecular flexibility index (Phi) is 4.99. The van der Waals surface area contributed by atoms with Crippen molar-refractivity contribution < 1.29 is 14.4 Å². The van der Waals surface area contributed by atoms with E-state index in [1.54, 1.807) is 40.6 Å². The SMILES string of the molecule is O=C(N[C@H]1CCN2C(=O)c3cc(-c4cccs4)ccc3NC(=O)[C@@H]2C1)c1cccnc1. The van der Waals surface area contributed by atoms with Crippen molar-refractivity contribution in [3.63, 3.8) is 0 Å². The molecule has 3 aromatic rings. The van der Waals surface area contributed by atoms with Crippen molar-refractivity contribution in [3.8, 4) is 10.4 Å². The van der Waals surface area contributed by atoms with Gasteiger partial charge in [-0.15, -0.1) is 11.3 Å². The molecule has 0 radical (unpaired) electrons. The number of nitrogens with one attached hydrogen (secondary N) is 2. The van der Waals surface area contributed by atoms with Crippen molar-refractivity contribution in [1.82, 2.24) is 15.2 Å². The largest absolute Gasteiger partial charge is 0.349 e. The summed E-state index contributed by atoms with van der Waals surface area (Å²) in [4.78, 5) is 45.4. The first-order chi connectivity index (χ1) is 15.1. The maximum atomic E-state index is 13.3. The molecular weight excluding hydrogens is 412 g/mol. The monoisotopic (exact) mass is 432 g/mol. The number of piperidine rings is 1. The Balaban J connectivity index is 1.37. The number of fused-ring (bicyclic) bond motifs is 2. The van der Waals surface area contributed by atoms with Crippen LogP contribution in [0.15, 0.2) is 60.2 Å². The van der Waals surface area contributed by atoms with Gasteiger partial charge in [-0.2, -0.15) is 0 Å². The maximum absolute atomic E-state index is 13.3. The number of hydrogen-bond acceptors (Lipinski definition) is 5. The second-order valence-electron chi connectivity index (χ2n) is 7.68. The molecule has 156 valence electrons. The summed E-state index contributed by atoms with van der Waals surface area (Å²) in [5.41, 5.74) is 2.45. The highest BCUT2D eigenvalue weighted by Crippen LogP contribution is 2.33. The van der Waals surface area contributed by atoms with Gasteiger partial charge in [0.2, 0.25) is 5.91 Å². The summed E-state index contributed by atoms with van der Waals surface area (Å²) in [5, 5.41) is 7.88. The Bertz CT molecular complexity index is 1150. The van der Waals surface area contributed by atoms with Crippen LogP contribution in [0.2, 0.25) is 0 Å². The van der Waals surface area contributed by atoms with Crippen LogP contribution in [0.25, 0.3) is 10.4 Å². The predicted octanol–water partition coefficient (Wildman–Crippen LogP) is 3.17. The van der Waals surface area contributed by atoms with E-state index in [0.29, 0.717) is 36.2 Å². The van der Waals surface area contributed by atoms with Crippen LogP contribution in [0.4, 0.5) is 5.69 Å². The molecule has 5 rings (SSSR count). The van der Waals surface area contributed by atoms with Crippen LogP contribution in [0.3, 0.4) is 0 Å². The molecule has 7 nitrogen and oxygen atoms in total. The fraction of sp³-hybridized carbons (Fsp3) is 0.217. The minimum atomic E-state index is -0.627. The third kappa shape index (κ3) is 3.70. The molecule has 0 aliphatic carbocycles. The van der Waals surface area contributed by atoms with E-state index in [4.69, 9.17) is 0 Å². The summed E-state index contributed by atoms with van der Waals surface area (Å²) in [6.45, 7) is 0.400. The number of rotatable bonds is 3. The molecule has 0 saturated carbocycles. The van der Waals surface area contributed by atoms with Crippen molar-refractivity contribution in [1.29, 1.82) is 0 Å². The summed E-state index contributed by atoms with van der Waals surface area (Å²) in [5.74, 6) is -0.610. The van der Waals surface area contributed by atoms with E-state index in [2.05, 4.69) is 15.6 Å².